The first kappa shape index (κ1) is 17.3. The number of hydrogen-bond donors (Lipinski definition) is 1. The molecule has 3 rings (SSSR count). The molecule has 0 saturated carbocycles. The summed E-state index contributed by atoms with van der Waals surface area (Å²) in [7, 11) is 2.02. The first-order chi connectivity index (χ1) is 12.1. The maximum Gasteiger partial charge on any atom is 0.267 e. The number of morpholine rings is 1. The fraction of sp³-hybridized carbons (Fsp3) is 0.389. The van der Waals surface area contributed by atoms with Gasteiger partial charge in [-0.05, 0) is 13.1 Å². The highest BCUT2D eigenvalue weighted by Gasteiger charge is 2.18. The fourth-order valence-corrected chi connectivity index (χ4v) is 2.73. The Morgan fingerprint density at radius 2 is 2.08 bits per heavy atom. The highest BCUT2D eigenvalue weighted by molar-refractivity contribution is 5.75. The number of aromatic nitrogens is 2. The molecule has 1 aromatic carbocycles. The van der Waals surface area contributed by atoms with E-state index in [1.165, 1.54) is 10.7 Å². The first-order valence-corrected chi connectivity index (χ1v) is 8.32. The SMILES string of the molecule is CN1CCO[C@H](CNC(=O)Cn2nc(-c3ccccc3)ccc2=O)C1. The summed E-state index contributed by atoms with van der Waals surface area (Å²) in [5.41, 5.74) is 1.25. The molecule has 1 aliphatic heterocycles. The molecule has 1 amide bonds. The summed E-state index contributed by atoms with van der Waals surface area (Å²) in [6, 6.07) is 12.6. The maximum absolute atomic E-state index is 12.2. The Balaban J connectivity index is 1.62. The Labute approximate surface area is 146 Å². The van der Waals surface area contributed by atoms with Crippen molar-refractivity contribution in [2.75, 3.05) is 33.3 Å². The molecule has 1 aliphatic rings. The summed E-state index contributed by atoms with van der Waals surface area (Å²) in [5.74, 6) is -0.253. The number of amides is 1. The second kappa shape index (κ2) is 8.04. The number of nitrogens with zero attached hydrogens (tertiary/aromatic N) is 3. The minimum atomic E-state index is -0.302. The van der Waals surface area contributed by atoms with Gasteiger partial charge in [0.05, 0.1) is 18.4 Å². The lowest BCUT2D eigenvalue weighted by molar-refractivity contribution is -0.123. The van der Waals surface area contributed by atoms with Crippen LogP contribution < -0.4 is 10.9 Å². The standard InChI is InChI=1S/C18H22N4O3/c1-21-9-10-25-15(12-21)11-19-17(23)13-22-18(24)8-7-16(20-22)14-5-3-2-4-6-14/h2-8,15H,9-13H2,1H3,(H,19,23)/t15-/m1/s1. The van der Waals surface area contributed by atoms with Crippen LogP contribution in [0.25, 0.3) is 11.3 Å². The number of likely N-dealkylation sites (N-methyl/N-ethyl adjacent to an activating group) is 1. The highest BCUT2D eigenvalue weighted by Crippen LogP contribution is 2.13. The van der Waals surface area contributed by atoms with Gasteiger partial charge in [-0.25, -0.2) is 4.68 Å². The van der Waals surface area contributed by atoms with E-state index in [-0.39, 0.29) is 24.1 Å². The molecule has 25 heavy (non-hydrogen) atoms. The minimum absolute atomic E-state index is 0.0250. The van der Waals surface area contributed by atoms with E-state index in [9.17, 15) is 9.59 Å². The molecule has 1 saturated heterocycles. The van der Waals surface area contributed by atoms with Crippen LogP contribution in [-0.4, -0.2) is 60.0 Å². The number of carbonyl (C=O) groups is 1. The molecule has 2 heterocycles. The number of hydrogen-bond acceptors (Lipinski definition) is 5. The van der Waals surface area contributed by atoms with E-state index >= 15 is 0 Å². The van der Waals surface area contributed by atoms with Crippen LogP contribution in [0.4, 0.5) is 0 Å². The lowest BCUT2D eigenvalue weighted by Gasteiger charge is -2.30. The summed E-state index contributed by atoms with van der Waals surface area (Å²) in [5, 5.41) is 7.11. The normalized spacial score (nSPS) is 18.0. The smallest absolute Gasteiger partial charge is 0.267 e. The third kappa shape index (κ3) is 4.74. The van der Waals surface area contributed by atoms with Gasteiger partial charge in [-0.3, -0.25) is 9.59 Å². The molecule has 0 bridgehead atoms. The van der Waals surface area contributed by atoms with Crippen LogP contribution in [0.5, 0.6) is 0 Å². The van der Waals surface area contributed by atoms with Gasteiger partial charge in [0.2, 0.25) is 5.91 Å². The molecule has 1 aromatic heterocycles. The van der Waals surface area contributed by atoms with Crippen LogP contribution in [0.3, 0.4) is 0 Å². The van der Waals surface area contributed by atoms with Crippen molar-refractivity contribution in [2.24, 2.45) is 0 Å². The first-order valence-electron chi connectivity index (χ1n) is 8.32. The molecule has 132 valence electrons. The summed E-state index contributed by atoms with van der Waals surface area (Å²) in [4.78, 5) is 26.3. The van der Waals surface area contributed by atoms with Crippen molar-refractivity contribution in [1.29, 1.82) is 0 Å². The van der Waals surface area contributed by atoms with Crippen molar-refractivity contribution in [3.05, 3.63) is 52.8 Å². The summed E-state index contributed by atoms with van der Waals surface area (Å²) >= 11 is 0. The molecule has 2 aromatic rings. The molecule has 1 N–H and O–H groups in total. The summed E-state index contributed by atoms with van der Waals surface area (Å²) < 4.78 is 6.80. The fourth-order valence-electron chi connectivity index (χ4n) is 2.73. The van der Waals surface area contributed by atoms with E-state index in [0.717, 1.165) is 18.7 Å². The van der Waals surface area contributed by atoms with Gasteiger partial charge in [-0.1, -0.05) is 30.3 Å². The molecular weight excluding hydrogens is 320 g/mol. The lowest BCUT2D eigenvalue weighted by atomic mass is 10.1. The predicted molar refractivity (Wildman–Crippen MR) is 94.2 cm³/mol. The van der Waals surface area contributed by atoms with E-state index in [2.05, 4.69) is 15.3 Å². The zero-order valence-electron chi connectivity index (χ0n) is 14.2. The van der Waals surface area contributed by atoms with E-state index in [4.69, 9.17) is 4.74 Å². The van der Waals surface area contributed by atoms with Crippen LogP contribution in [0, 0.1) is 0 Å². The quantitative estimate of drug-likeness (QED) is 0.849. The largest absolute Gasteiger partial charge is 0.374 e. The van der Waals surface area contributed by atoms with Crippen LogP contribution in [-0.2, 0) is 16.1 Å². The molecule has 1 fully saturated rings. The van der Waals surface area contributed by atoms with E-state index < -0.39 is 0 Å². The van der Waals surface area contributed by atoms with Gasteiger partial charge >= 0.3 is 0 Å². The third-order valence-corrected chi connectivity index (χ3v) is 4.10. The van der Waals surface area contributed by atoms with E-state index in [1.54, 1.807) is 6.07 Å². The lowest BCUT2D eigenvalue weighted by Crippen LogP contribution is -2.46. The number of carbonyl (C=O) groups excluding carboxylic acids is 1. The van der Waals surface area contributed by atoms with Crippen LogP contribution in [0.2, 0.25) is 0 Å². The Bertz CT molecular complexity index is 775. The molecule has 1 atom stereocenters. The highest BCUT2D eigenvalue weighted by atomic mass is 16.5. The Morgan fingerprint density at radius 1 is 1.28 bits per heavy atom. The Hall–Kier alpha value is -2.51. The van der Waals surface area contributed by atoms with Crippen molar-refractivity contribution < 1.29 is 9.53 Å². The van der Waals surface area contributed by atoms with Crippen molar-refractivity contribution in [2.45, 2.75) is 12.6 Å². The molecule has 0 spiro atoms. The maximum atomic E-state index is 12.2. The molecule has 7 heteroatoms. The van der Waals surface area contributed by atoms with Crippen LogP contribution in [0.15, 0.2) is 47.3 Å². The second-order valence-electron chi connectivity index (χ2n) is 6.14. The van der Waals surface area contributed by atoms with Gasteiger partial charge in [0.25, 0.3) is 5.56 Å². The van der Waals surface area contributed by atoms with Crippen LogP contribution in [0.1, 0.15) is 0 Å². The average molecular weight is 342 g/mol. The van der Waals surface area contributed by atoms with Crippen molar-refractivity contribution in [3.63, 3.8) is 0 Å². The molecule has 0 aliphatic carbocycles. The van der Waals surface area contributed by atoms with Crippen molar-refractivity contribution in [3.8, 4) is 11.3 Å². The van der Waals surface area contributed by atoms with Gasteiger partial charge in [0, 0.05) is 31.3 Å². The number of nitrogens with one attached hydrogen (secondary N) is 1. The predicted octanol–water partition coefficient (Wildman–Crippen LogP) is 0.357. The summed E-state index contributed by atoms with van der Waals surface area (Å²) in [6.45, 7) is 2.66. The monoisotopic (exact) mass is 342 g/mol. The van der Waals surface area contributed by atoms with Crippen molar-refractivity contribution >= 4 is 5.91 Å². The Morgan fingerprint density at radius 3 is 2.84 bits per heavy atom. The van der Waals surface area contributed by atoms with E-state index in [1.807, 2.05) is 37.4 Å². The van der Waals surface area contributed by atoms with Crippen LogP contribution >= 0.6 is 0 Å². The zero-order valence-corrected chi connectivity index (χ0v) is 14.2. The molecular formula is C18H22N4O3. The van der Waals surface area contributed by atoms with Gasteiger partial charge in [0.1, 0.15) is 6.54 Å². The van der Waals surface area contributed by atoms with Gasteiger partial charge in [0.15, 0.2) is 0 Å². The van der Waals surface area contributed by atoms with Gasteiger partial charge < -0.3 is 15.0 Å². The topological polar surface area (TPSA) is 76.5 Å². The number of ether oxygens (including phenoxy) is 1. The molecule has 7 nitrogen and oxygen atoms in total. The molecule has 0 radical (unpaired) electrons. The van der Waals surface area contributed by atoms with E-state index in [0.29, 0.717) is 18.8 Å². The zero-order chi connectivity index (χ0) is 17.6. The average Bonchev–Trinajstić information content (AvgIpc) is 2.63. The Kier molecular flexibility index (Phi) is 5.57. The molecule has 0 unspecified atom stereocenters. The number of benzene rings is 1. The van der Waals surface area contributed by atoms with Gasteiger partial charge in [-0.15, -0.1) is 0 Å². The minimum Gasteiger partial charge on any atom is -0.374 e. The number of rotatable bonds is 5. The van der Waals surface area contributed by atoms with Crippen molar-refractivity contribution in [1.82, 2.24) is 20.0 Å². The van der Waals surface area contributed by atoms with Gasteiger partial charge in [-0.2, -0.15) is 5.10 Å². The summed E-state index contributed by atoms with van der Waals surface area (Å²) in [6.07, 6.45) is -0.0250. The third-order valence-electron chi connectivity index (χ3n) is 4.10. The second-order valence-corrected chi connectivity index (χ2v) is 6.14.